The minimum Gasteiger partial charge on any atom is -0.490 e. The molecule has 1 aliphatic carbocycles. The first-order chi connectivity index (χ1) is 7.74. The third-order valence-electron chi connectivity index (χ3n) is 3.12. The third-order valence-corrected chi connectivity index (χ3v) is 3.12. The minimum atomic E-state index is -0.316. The topological polar surface area (TPSA) is 52.4 Å². The van der Waals surface area contributed by atoms with Crippen LogP contribution in [0.5, 0.6) is 5.75 Å². The second kappa shape index (κ2) is 4.51. The van der Waals surface area contributed by atoms with Gasteiger partial charge in [-0.25, -0.2) is 0 Å². The lowest BCUT2D eigenvalue weighted by atomic mass is 10.0. The maximum absolute atomic E-state index is 11.1. The molecule has 0 unspecified atom stereocenters. The predicted octanol–water partition coefficient (Wildman–Crippen LogP) is 2.87. The molecule has 1 aromatic rings. The van der Waals surface area contributed by atoms with Gasteiger partial charge in [0.15, 0.2) is 5.75 Å². The molecule has 0 spiro atoms. The highest BCUT2D eigenvalue weighted by Gasteiger charge is 2.24. The Labute approximate surface area is 94.4 Å². The van der Waals surface area contributed by atoms with Gasteiger partial charge in [-0.1, -0.05) is 12.5 Å². The maximum atomic E-state index is 11.1. The Kier molecular flexibility index (Phi) is 3.08. The summed E-state index contributed by atoms with van der Waals surface area (Å²) in [5.41, 5.74) is 2.16. The van der Waals surface area contributed by atoms with Crippen LogP contribution in [0.2, 0.25) is 0 Å². The number of hydrogen-bond donors (Lipinski definition) is 0. The Balaban J connectivity index is 2.56. The van der Waals surface area contributed by atoms with Crippen LogP contribution in [0.15, 0.2) is 12.1 Å². The first-order valence-electron chi connectivity index (χ1n) is 5.57. The van der Waals surface area contributed by atoms with Crippen molar-refractivity contribution in [3.63, 3.8) is 0 Å². The first-order valence-corrected chi connectivity index (χ1v) is 5.57. The average Bonchev–Trinajstić information content (AvgIpc) is 2.51. The van der Waals surface area contributed by atoms with E-state index in [9.17, 15) is 10.1 Å². The van der Waals surface area contributed by atoms with Gasteiger partial charge in [-0.2, -0.15) is 0 Å². The summed E-state index contributed by atoms with van der Waals surface area (Å²) >= 11 is 0. The third kappa shape index (κ3) is 1.87. The zero-order valence-electron chi connectivity index (χ0n) is 9.36. The van der Waals surface area contributed by atoms with Crippen LogP contribution in [-0.4, -0.2) is 12.0 Å². The van der Waals surface area contributed by atoms with Crippen molar-refractivity contribution in [2.24, 2.45) is 0 Å². The first kappa shape index (κ1) is 10.9. The van der Waals surface area contributed by atoms with Crippen molar-refractivity contribution in [3.05, 3.63) is 33.4 Å². The molecule has 86 valence electrons. The molecule has 0 saturated carbocycles. The van der Waals surface area contributed by atoms with E-state index in [2.05, 4.69) is 0 Å². The fourth-order valence-corrected chi connectivity index (χ4v) is 2.33. The van der Waals surface area contributed by atoms with Gasteiger partial charge in [-0.05, 0) is 37.3 Å². The van der Waals surface area contributed by atoms with Crippen LogP contribution >= 0.6 is 0 Å². The summed E-state index contributed by atoms with van der Waals surface area (Å²) in [7, 11) is 1.48. The predicted molar refractivity (Wildman–Crippen MR) is 60.9 cm³/mol. The standard InChI is InChI=1S/C12H15NO3/c1-16-11-8-7-9-5-3-2-4-6-10(9)12(11)13(14)15/h7-8H,2-6H2,1H3. The number of nitro benzene ring substituents is 1. The Bertz CT molecular complexity index is 415. The second-order valence-electron chi connectivity index (χ2n) is 4.07. The molecular weight excluding hydrogens is 206 g/mol. The van der Waals surface area contributed by atoms with Crippen LogP contribution in [0.1, 0.15) is 30.4 Å². The highest BCUT2D eigenvalue weighted by Crippen LogP contribution is 2.36. The van der Waals surface area contributed by atoms with Crippen LogP contribution in [0.4, 0.5) is 5.69 Å². The van der Waals surface area contributed by atoms with Gasteiger partial charge in [0, 0.05) is 5.56 Å². The molecule has 2 rings (SSSR count). The number of nitro groups is 1. The fraction of sp³-hybridized carbons (Fsp3) is 0.500. The Morgan fingerprint density at radius 3 is 2.69 bits per heavy atom. The van der Waals surface area contributed by atoms with E-state index in [4.69, 9.17) is 4.74 Å². The van der Waals surface area contributed by atoms with E-state index in [0.29, 0.717) is 5.75 Å². The maximum Gasteiger partial charge on any atom is 0.314 e. The molecule has 0 aromatic heterocycles. The van der Waals surface area contributed by atoms with Gasteiger partial charge in [0.2, 0.25) is 0 Å². The summed E-state index contributed by atoms with van der Waals surface area (Å²) in [5.74, 6) is 0.380. The van der Waals surface area contributed by atoms with Gasteiger partial charge in [-0.3, -0.25) is 10.1 Å². The van der Waals surface area contributed by atoms with E-state index in [1.807, 2.05) is 6.07 Å². The van der Waals surface area contributed by atoms with E-state index in [1.54, 1.807) is 6.07 Å². The zero-order valence-corrected chi connectivity index (χ0v) is 9.36. The number of nitrogens with zero attached hydrogens (tertiary/aromatic N) is 1. The molecule has 1 aliphatic rings. The van der Waals surface area contributed by atoms with Gasteiger partial charge in [0.05, 0.1) is 12.0 Å². The van der Waals surface area contributed by atoms with Crippen molar-refractivity contribution < 1.29 is 9.66 Å². The van der Waals surface area contributed by atoms with Gasteiger partial charge in [0.25, 0.3) is 0 Å². The van der Waals surface area contributed by atoms with Crippen molar-refractivity contribution in [2.45, 2.75) is 32.1 Å². The summed E-state index contributed by atoms with van der Waals surface area (Å²) in [5, 5.41) is 11.1. The van der Waals surface area contributed by atoms with E-state index >= 15 is 0 Å². The molecule has 0 amide bonds. The van der Waals surface area contributed by atoms with E-state index in [0.717, 1.165) is 43.2 Å². The summed E-state index contributed by atoms with van der Waals surface area (Å²) in [6.07, 6.45) is 5.04. The van der Waals surface area contributed by atoms with Crippen LogP contribution in [-0.2, 0) is 12.8 Å². The zero-order chi connectivity index (χ0) is 11.5. The normalized spacial score (nSPS) is 15.1. The van der Waals surface area contributed by atoms with Gasteiger partial charge in [-0.15, -0.1) is 0 Å². The average molecular weight is 221 g/mol. The number of benzene rings is 1. The number of fused-ring (bicyclic) bond motifs is 1. The number of aryl methyl sites for hydroxylation is 1. The Morgan fingerprint density at radius 1 is 1.25 bits per heavy atom. The number of rotatable bonds is 2. The molecule has 0 atom stereocenters. The largest absolute Gasteiger partial charge is 0.490 e. The smallest absolute Gasteiger partial charge is 0.314 e. The van der Waals surface area contributed by atoms with Crippen molar-refractivity contribution in [3.8, 4) is 5.75 Å². The van der Waals surface area contributed by atoms with E-state index in [1.165, 1.54) is 7.11 Å². The lowest BCUT2D eigenvalue weighted by molar-refractivity contribution is -0.386. The minimum absolute atomic E-state index is 0.168. The molecule has 0 heterocycles. The molecule has 16 heavy (non-hydrogen) atoms. The van der Waals surface area contributed by atoms with Crippen molar-refractivity contribution in [2.75, 3.05) is 7.11 Å². The van der Waals surface area contributed by atoms with Crippen LogP contribution in [0, 0.1) is 10.1 Å². The molecule has 4 nitrogen and oxygen atoms in total. The summed E-state index contributed by atoms with van der Waals surface area (Å²) in [6, 6.07) is 3.68. The van der Waals surface area contributed by atoms with Crippen molar-refractivity contribution in [1.29, 1.82) is 0 Å². The number of ether oxygens (including phenoxy) is 1. The van der Waals surface area contributed by atoms with Gasteiger partial charge < -0.3 is 4.74 Å². The van der Waals surface area contributed by atoms with Crippen molar-refractivity contribution >= 4 is 5.69 Å². The van der Waals surface area contributed by atoms with Gasteiger partial charge >= 0.3 is 5.69 Å². The number of hydrogen-bond acceptors (Lipinski definition) is 3. The molecule has 0 radical (unpaired) electrons. The quantitative estimate of drug-likeness (QED) is 0.438. The summed E-state index contributed by atoms with van der Waals surface area (Å²) in [6.45, 7) is 0. The molecule has 0 aliphatic heterocycles. The van der Waals surface area contributed by atoms with E-state index in [-0.39, 0.29) is 10.6 Å². The monoisotopic (exact) mass is 221 g/mol. The molecule has 0 saturated heterocycles. The van der Waals surface area contributed by atoms with Crippen LogP contribution in [0.25, 0.3) is 0 Å². The van der Waals surface area contributed by atoms with Gasteiger partial charge in [0.1, 0.15) is 0 Å². The molecule has 0 fully saturated rings. The van der Waals surface area contributed by atoms with E-state index < -0.39 is 0 Å². The lowest BCUT2D eigenvalue weighted by Gasteiger charge is -2.09. The number of methoxy groups -OCH3 is 1. The molecular formula is C12H15NO3. The molecule has 4 heteroatoms. The Hall–Kier alpha value is -1.58. The summed E-state index contributed by atoms with van der Waals surface area (Å²) in [4.78, 5) is 10.8. The van der Waals surface area contributed by atoms with Crippen LogP contribution in [0.3, 0.4) is 0 Å². The highest BCUT2D eigenvalue weighted by atomic mass is 16.6. The Morgan fingerprint density at radius 2 is 2.00 bits per heavy atom. The summed E-state index contributed by atoms with van der Waals surface area (Å²) < 4.78 is 5.07. The molecule has 0 N–H and O–H groups in total. The van der Waals surface area contributed by atoms with Crippen LogP contribution < -0.4 is 4.74 Å². The lowest BCUT2D eigenvalue weighted by Crippen LogP contribution is -2.01. The SMILES string of the molecule is COc1ccc2c(c1[N+](=O)[O-])CCCCC2. The van der Waals surface area contributed by atoms with Crippen molar-refractivity contribution in [1.82, 2.24) is 0 Å². The second-order valence-corrected chi connectivity index (χ2v) is 4.07. The highest BCUT2D eigenvalue weighted by molar-refractivity contribution is 5.56. The molecule has 1 aromatic carbocycles. The molecule has 0 bridgehead atoms. The fourth-order valence-electron chi connectivity index (χ4n) is 2.33.